The summed E-state index contributed by atoms with van der Waals surface area (Å²) < 4.78 is 0. The zero-order valence-corrected chi connectivity index (χ0v) is 10.9. The number of hydrogen-bond donors (Lipinski definition) is 0. The van der Waals surface area contributed by atoms with Crippen LogP contribution in [0.2, 0.25) is 0 Å². The van der Waals surface area contributed by atoms with Gasteiger partial charge in [-0.15, -0.1) is 0 Å². The van der Waals surface area contributed by atoms with E-state index >= 15 is 0 Å². The first kappa shape index (κ1) is 15.2. The van der Waals surface area contributed by atoms with Crippen LogP contribution >= 0.6 is 0 Å². The van der Waals surface area contributed by atoms with E-state index in [0.717, 1.165) is 0 Å². The standard InChI is InChI=1S/C16H27/c1-3-5-7-9-11-13-15-16-14-12-10-8-6-4-2/h3,5,9,11H,1,4,6,8,10,12-16H2,2H3. The predicted octanol–water partition coefficient (Wildman–Crippen LogP) is 5.62. The van der Waals surface area contributed by atoms with E-state index in [2.05, 4.69) is 25.7 Å². The van der Waals surface area contributed by atoms with Gasteiger partial charge in [0, 0.05) is 0 Å². The van der Waals surface area contributed by atoms with Gasteiger partial charge in [0.15, 0.2) is 0 Å². The van der Waals surface area contributed by atoms with E-state index < -0.39 is 0 Å². The average molecular weight is 219 g/mol. The van der Waals surface area contributed by atoms with Gasteiger partial charge >= 0.3 is 0 Å². The Morgan fingerprint density at radius 3 is 2.19 bits per heavy atom. The molecule has 0 aromatic rings. The molecule has 0 saturated heterocycles. The minimum atomic E-state index is 1.19. The van der Waals surface area contributed by atoms with Crippen LogP contribution in [0.1, 0.15) is 64.7 Å². The maximum Gasteiger partial charge on any atom is -0.0188 e. The molecule has 0 heteroatoms. The molecule has 0 nitrogen and oxygen atoms in total. The first-order valence-corrected chi connectivity index (χ1v) is 6.77. The molecule has 0 amide bonds. The normalized spacial score (nSPS) is 11.6. The van der Waals surface area contributed by atoms with Crippen molar-refractivity contribution in [1.29, 1.82) is 0 Å². The van der Waals surface area contributed by atoms with E-state index in [1.54, 1.807) is 6.08 Å². The molecular formula is C16H27. The van der Waals surface area contributed by atoms with Crippen LogP contribution in [0.25, 0.3) is 0 Å². The molecule has 0 aliphatic heterocycles. The SMILES string of the molecule is C=C/C=[C]/C=CCCCCCCCCCC. The fraction of sp³-hybridized carbons (Fsp3) is 0.625. The molecule has 0 rings (SSSR count). The Morgan fingerprint density at radius 1 is 0.938 bits per heavy atom. The van der Waals surface area contributed by atoms with Crippen molar-refractivity contribution < 1.29 is 0 Å². The van der Waals surface area contributed by atoms with E-state index in [-0.39, 0.29) is 0 Å². The van der Waals surface area contributed by atoms with Gasteiger partial charge in [0.1, 0.15) is 0 Å². The van der Waals surface area contributed by atoms with E-state index in [1.807, 2.05) is 12.2 Å². The van der Waals surface area contributed by atoms with E-state index in [1.165, 1.54) is 57.8 Å². The molecule has 0 aromatic carbocycles. The third kappa shape index (κ3) is 13.2. The first-order valence-electron chi connectivity index (χ1n) is 6.77. The number of unbranched alkanes of at least 4 members (excludes halogenated alkanes) is 8. The minimum Gasteiger partial charge on any atom is -0.0990 e. The second kappa shape index (κ2) is 14.2. The topological polar surface area (TPSA) is 0 Å². The lowest BCUT2D eigenvalue weighted by Crippen LogP contribution is -1.79. The minimum absolute atomic E-state index is 1.19. The maximum absolute atomic E-state index is 3.60. The lowest BCUT2D eigenvalue weighted by Gasteiger charge is -1.99. The van der Waals surface area contributed by atoms with Gasteiger partial charge in [-0.2, -0.15) is 0 Å². The van der Waals surface area contributed by atoms with E-state index in [4.69, 9.17) is 0 Å². The summed E-state index contributed by atoms with van der Waals surface area (Å²) in [6, 6.07) is 0. The molecule has 16 heavy (non-hydrogen) atoms. The lowest BCUT2D eigenvalue weighted by atomic mass is 10.1. The van der Waals surface area contributed by atoms with Crippen molar-refractivity contribution in [3.05, 3.63) is 37.0 Å². The molecule has 0 saturated carbocycles. The molecule has 0 aliphatic rings. The first-order chi connectivity index (χ1) is 7.91. The Morgan fingerprint density at radius 2 is 1.56 bits per heavy atom. The monoisotopic (exact) mass is 219 g/mol. The molecule has 0 fully saturated rings. The van der Waals surface area contributed by atoms with E-state index in [9.17, 15) is 0 Å². The van der Waals surface area contributed by atoms with Gasteiger partial charge in [-0.3, -0.25) is 0 Å². The zero-order chi connectivity index (χ0) is 11.9. The summed E-state index contributed by atoms with van der Waals surface area (Å²) in [5.41, 5.74) is 0. The predicted molar refractivity (Wildman–Crippen MR) is 74.4 cm³/mol. The second-order valence-corrected chi connectivity index (χ2v) is 4.23. The van der Waals surface area contributed by atoms with Gasteiger partial charge in [0.2, 0.25) is 0 Å². The Hall–Kier alpha value is -0.780. The fourth-order valence-corrected chi connectivity index (χ4v) is 1.67. The van der Waals surface area contributed by atoms with Crippen LogP contribution in [-0.2, 0) is 0 Å². The van der Waals surface area contributed by atoms with Crippen molar-refractivity contribution >= 4 is 0 Å². The van der Waals surface area contributed by atoms with Crippen LogP contribution in [0.15, 0.2) is 30.9 Å². The largest absolute Gasteiger partial charge is 0.0990 e. The maximum atomic E-state index is 3.60. The van der Waals surface area contributed by atoms with Crippen LogP contribution in [0.5, 0.6) is 0 Å². The molecule has 0 bridgehead atoms. The quantitative estimate of drug-likeness (QED) is 0.312. The second-order valence-electron chi connectivity index (χ2n) is 4.23. The Labute approximate surface area is 102 Å². The summed E-state index contributed by atoms with van der Waals surface area (Å²) in [7, 11) is 0. The lowest BCUT2D eigenvalue weighted by molar-refractivity contribution is 0.577. The molecule has 0 N–H and O–H groups in total. The highest BCUT2D eigenvalue weighted by Crippen LogP contribution is 2.09. The molecule has 0 unspecified atom stereocenters. The third-order valence-electron chi connectivity index (χ3n) is 2.65. The van der Waals surface area contributed by atoms with Crippen molar-refractivity contribution in [2.24, 2.45) is 0 Å². The van der Waals surface area contributed by atoms with Gasteiger partial charge in [-0.1, -0.05) is 82.8 Å². The molecule has 1 radical (unpaired) electrons. The molecule has 0 spiro atoms. The molecule has 0 atom stereocenters. The highest BCUT2D eigenvalue weighted by Gasteiger charge is 1.89. The summed E-state index contributed by atoms with van der Waals surface area (Å²) in [6.07, 6.45) is 23.1. The third-order valence-corrected chi connectivity index (χ3v) is 2.65. The van der Waals surface area contributed by atoms with Crippen molar-refractivity contribution in [3.8, 4) is 0 Å². The fourth-order valence-electron chi connectivity index (χ4n) is 1.67. The van der Waals surface area contributed by atoms with Gasteiger partial charge in [-0.25, -0.2) is 0 Å². The summed E-state index contributed by atoms with van der Waals surface area (Å²) in [5, 5.41) is 0. The van der Waals surface area contributed by atoms with Gasteiger partial charge in [-0.05, 0) is 18.9 Å². The number of hydrogen-bond acceptors (Lipinski definition) is 0. The van der Waals surface area contributed by atoms with E-state index in [0.29, 0.717) is 0 Å². The highest BCUT2D eigenvalue weighted by molar-refractivity contribution is 5.02. The number of allylic oxidation sites excluding steroid dienone is 5. The van der Waals surface area contributed by atoms with Crippen molar-refractivity contribution in [1.82, 2.24) is 0 Å². The van der Waals surface area contributed by atoms with Crippen molar-refractivity contribution in [2.75, 3.05) is 0 Å². The molecule has 0 heterocycles. The Kier molecular flexibility index (Phi) is 13.5. The molecular weight excluding hydrogens is 192 g/mol. The Balaban J connectivity index is 3.06. The van der Waals surface area contributed by atoms with Crippen LogP contribution in [0, 0.1) is 6.08 Å². The summed E-state index contributed by atoms with van der Waals surface area (Å²) in [6.45, 7) is 5.87. The highest BCUT2D eigenvalue weighted by atomic mass is 14.0. The summed E-state index contributed by atoms with van der Waals surface area (Å²) in [4.78, 5) is 0. The van der Waals surface area contributed by atoms with Gasteiger partial charge in [0.05, 0.1) is 0 Å². The average Bonchev–Trinajstić information content (AvgIpc) is 2.31. The van der Waals surface area contributed by atoms with Gasteiger partial charge in [0.25, 0.3) is 0 Å². The molecule has 0 aromatic heterocycles. The van der Waals surface area contributed by atoms with Crippen LogP contribution in [-0.4, -0.2) is 0 Å². The van der Waals surface area contributed by atoms with Crippen LogP contribution < -0.4 is 0 Å². The summed E-state index contributed by atoms with van der Waals surface area (Å²) >= 11 is 0. The molecule has 0 aliphatic carbocycles. The van der Waals surface area contributed by atoms with Crippen molar-refractivity contribution in [3.63, 3.8) is 0 Å². The van der Waals surface area contributed by atoms with Crippen LogP contribution in [0.4, 0.5) is 0 Å². The number of rotatable bonds is 11. The smallest absolute Gasteiger partial charge is 0.0188 e. The summed E-state index contributed by atoms with van der Waals surface area (Å²) in [5.74, 6) is 0. The Bertz CT molecular complexity index is 186. The zero-order valence-electron chi connectivity index (χ0n) is 10.9. The van der Waals surface area contributed by atoms with Crippen LogP contribution in [0.3, 0.4) is 0 Å². The van der Waals surface area contributed by atoms with Gasteiger partial charge < -0.3 is 0 Å². The molecule has 91 valence electrons. The van der Waals surface area contributed by atoms with Crippen molar-refractivity contribution in [2.45, 2.75) is 64.7 Å².